The highest BCUT2D eigenvalue weighted by atomic mass is 16.3. The van der Waals surface area contributed by atoms with E-state index in [0.29, 0.717) is 12.1 Å². The summed E-state index contributed by atoms with van der Waals surface area (Å²) in [6.07, 6.45) is 0.873. The lowest BCUT2D eigenvalue weighted by Crippen LogP contribution is -2.39. The van der Waals surface area contributed by atoms with Crippen LogP contribution in [0, 0.1) is 0 Å². The number of carbonyl (C=O) groups excluding carboxylic acids is 1. The highest BCUT2D eigenvalue weighted by molar-refractivity contribution is 6.07. The van der Waals surface area contributed by atoms with Crippen LogP contribution in [0.5, 0.6) is 5.75 Å². The molecule has 0 aromatic heterocycles. The van der Waals surface area contributed by atoms with Crippen LogP contribution in [0.15, 0.2) is 48.5 Å². The van der Waals surface area contributed by atoms with Gasteiger partial charge in [-0.1, -0.05) is 24.3 Å². The van der Waals surface area contributed by atoms with E-state index in [2.05, 4.69) is 11.4 Å². The van der Waals surface area contributed by atoms with Gasteiger partial charge in [0.15, 0.2) is 0 Å². The van der Waals surface area contributed by atoms with E-state index in [1.54, 1.807) is 23.1 Å². The Labute approximate surface area is 124 Å². The molecule has 0 spiro atoms. The molecule has 4 nitrogen and oxygen atoms in total. The minimum absolute atomic E-state index is 0.0760. The molecule has 0 aliphatic carbocycles. The molecule has 2 aromatic carbocycles. The van der Waals surface area contributed by atoms with Crippen molar-refractivity contribution in [2.45, 2.75) is 12.5 Å². The van der Waals surface area contributed by atoms with Gasteiger partial charge in [-0.15, -0.1) is 0 Å². The summed E-state index contributed by atoms with van der Waals surface area (Å²) in [6.45, 7) is 0.664. The molecule has 3 rings (SSSR count). The lowest BCUT2D eigenvalue weighted by molar-refractivity contribution is 0.0983. The minimum atomic E-state index is -0.0760. The van der Waals surface area contributed by atoms with Gasteiger partial charge in [0.25, 0.3) is 5.91 Å². The van der Waals surface area contributed by atoms with Gasteiger partial charge in [-0.2, -0.15) is 0 Å². The summed E-state index contributed by atoms with van der Waals surface area (Å²) in [7, 11) is 1.94. The zero-order valence-corrected chi connectivity index (χ0v) is 11.9. The number of nitrogens with one attached hydrogen (secondary N) is 1. The Morgan fingerprint density at radius 3 is 2.81 bits per heavy atom. The number of phenolic OH excluding ortho intramolecular Hbond substituents is 1. The van der Waals surface area contributed by atoms with E-state index in [1.807, 2.05) is 25.2 Å². The Morgan fingerprint density at radius 2 is 2.05 bits per heavy atom. The molecule has 108 valence electrons. The first-order valence-electron chi connectivity index (χ1n) is 7.08. The number of aromatic hydroxyl groups is 1. The maximum atomic E-state index is 12.7. The average Bonchev–Trinajstić information content (AvgIpc) is 2.53. The zero-order chi connectivity index (χ0) is 14.8. The predicted molar refractivity (Wildman–Crippen MR) is 82.6 cm³/mol. The lowest BCUT2D eigenvalue weighted by Gasteiger charge is -2.34. The van der Waals surface area contributed by atoms with E-state index in [4.69, 9.17) is 0 Å². The smallest absolute Gasteiger partial charge is 0.258 e. The van der Waals surface area contributed by atoms with Gasteiger partial charge in [0.05, 0.1) is 0 Å². The van der Waals surface area contributed by atoms with E-state index in [1.165, 1.54) is 6.07 Å². The summed E-state index contributed by atoms with van der Waals surface area (Å²) in [5.74, 6) is 0.0344. The van der Waals surface area contributed by atoms with Crippen LogP contribution < -0.4 is 10.2 Å². The second-order valence-electron chi connectivity index (χ2n) is 5.20. The monoisotopic (exact) mass is 282 g/mol. The number of hydrogen-bond donors (Lipinski definition) is 2. The number of hydrogen-bond acceptors (Lipinski definition) is 3. The van der Waals surface area contributed by atoms with Gasteiger partial charge in [0, 0.05) is 23.8 Å². The Kier molecular flexibility index (Phi) is 3.62. The van der Waals surface area contributed by atoms with Gasteiger partial charge in [-0.3, -0.25) is 4.79 Å². The molecule has 21 heavy (non-hydrogen) atoms. The van der Waals surface area contributed by atoms with E-state index in [0.717, 1.165) is 17.7 Å². The van der Waals surface area contributed by atoms with Crippen molar-refractivity contribution in [3.05, 3.63) is 59.7 Å². The van der Waals surface area contributed by atoms with Crippen molar-refractivity contribution >= 4 is 11.6 Å². The number of rotatable bonds is 2. The number of amides is 1. The second-order valence-corrected chi connectivity index (χ2v) is 5.20. The molecule has 0 bridgehead atoms. The van der Waals surface area contributed by atoms with Crippen molar-refractivity contribution in [2.75, 3.05) is 18.5 Å². The molecule has 0 fully saturated rings. The first-order chi connectivity index (χ1) is 10.2. The number of nitrogens with zero attached hydrogens (tertiary/aromatic N) is 1. The fraction of sp³-hybridized carbons (Fsp3) is 0.235. The van der Waals surface area contributed by atoms with Crippen molar-refractivity contribution in [3.8, 4) is 5.75 Å². The molecule has 1 unspecified atom stereocenters. The normalized spacial score (nSPS) is 17.4. The van der Waals surface area contributed by atoms with Gasteiger partial charge in [0.2, 0.25) is 0 Å². The van der Waals surface area contributed by atoms with E-state index >= 15 is 0 Å². The zero-order valence-electron chi connectivity index (χ0n) is 11.9. The van der Waals surface area contributed by atoms with Gasteiger partial charge in [0.1, 0.15) is 5.75 Å². The Balaban J connectivity index is 1.98. The number of fused-ring (bicyclic) bond motifs is 1. The first kappa shape index (κ1) is 13.6. The number of para-hydroxylation sites is 1. The quantitative estimate of drug-likeness (QED) is 0.890. The molecular weight excluding hydrogens is 264 g/mol. The number of phenols is 1. The molecule has 1 aliphatic heterocycles. The molecule has 1 aliphatic rings. The Bertz CT molecular complexity index is 669. The van der Waals surface area contributed by atoms with Crippen LogP contribution in [0.4, 0.5) is 5.69 Å². The van der Waals surface area contributed by atoms with Crippen molar-refractivity contribution in [1.82, 2.24) is 5.32 Å². The third kappa shape index (κ3) is 2.50. The van der Waals surface area contributed by atoms with Gasteiger partial charge < -0.3 is 15.3 Å². The topological polar surface area (TPSA) is 52.6 Å². The lowest BCUT2D eigenvalue weighted by atomic mass is 9.96. The number of benzene rings is 2. The molecule has 4 heteroatoms. The summed E-state index contributed by atoms with van der Waals surface area (Å²) in [6, 6.07) is 14.7. The van der Waals surface area contributed by atoms with Crippen molar-refractivity contribution in [3.63, 3.8) is 0 Å². The van der Waals surface area contributed by atoms with Crippen LogP contribution in [0.2, 0.25) is 0 Å². The highest BCUT2D eigenvalue weighted by Crippen LogP contribution is 2.34. The number of anilines is 1. The summed E-state index contributed by atoms with van der Waals surface area (Å²) in [4.78, 5) is 14.5. The SMILES string of the molecule is CNC1CCN(C(=O)c2cccc(O)c2)c2ccccc21. The standard InChI is InChI=1S/C17H18N2O2/c1-18-15-9-10-19(16-8-3-2-7-14(15)16)17(21)12-5-4-6-13(20)11-12/h2-8,11,15,18,20H,9-10H2,1H3. The van der Waals surface area contributed by atoms with Gasteiger partial charge >= 0.3 is 0 Å². The Hall–Kier alpha value is -2.33. The van der Waals surface area contributed by atoms with Crippen molar-refractivity contribution in [2.24, 2.45) is 0 Å². The minimum Gasteiger partial charge on any atom is -0.508 e. The second kappa shape index (κ2) is 5.58. The molecule has 1 heterocycles. The maximum Gasteiger partial charge on any atom is 0.258 e. The number of carbonyl (C=O) groups is 1. The van der Waals surface area contributed by atoms with Gasteiger partial charge in [-0.25, -0.2) is 0 Å². The molecule has 1 amide bonds. The van der Waals surface area contributed by atoms with Crippen molar-refractivity contribution in [1.29, 1.82) is 0 Å². The first-order valence-corrected chi connectivity index (χ1v) is 7.08. The van der Waals surface area contributed by atoms with Crippen LogP contribution >= 0.6 is 0 Å². The molecule has 1 atom stereocenters. The van der Waals surface area contributed by atoms with Crippen molar-refractivity contribution < 1.29 is 9.90 Å². The molecule has 0 saturated carbocycles. The Morgan fingerprint density at radius 1 is 1.24 bits per heavy atom. The fourth-order valence-electron chi connectivity index (χ4n) is 2.87. The van der Waals surface area contributed by atoms with Crippen LogP contribution in [0.3, 0.4) is 0 Å². The molecule has 2 aromatic rings. The van der Waals surface area contributed by atoms with E-state index in [9.17, 15) is 9.90 Å². The van der Waals surface area contributed by atoms with Crippen LogP contribution in [0.1, 0.15) is 28.4 Å². The van der Waals surface area contributed by atoms with Crippen LogP contribution in [0.25, 0.3) is 0 Å². The predicted octanol–water partition coefficient (Wildman–Crippen LogP) is 2.70. The average molecular weight is 282 g/mol. The summed E-state index contributed by atoms with van der Waals surface area (Å²) in [5, 5.41) is 12.8. The highest BCUT2D eigenvalue weighted by Gasteiger charge is 2.28. The van der Waals surface area contributed by atoms with E-state index < -0.39 is 0 Å². The molecular formula is C17H18N2O2. The summed E-state index contributed by atoms with van der Waals surface area (Å²) < 4.78 is 0. The summed E-state index contributed by atoms with van der Waals surface area (Å²) in [5.41, 5.74) is 2.59. The summed E-state index contributed by atoms with van der Waals surface area (Å²) >= 11 is 0. The fourth-order valence-corrected chi connectivity index (χ4v) is 2.87. The molecule has 0 radical (unpaired) electrons. The molecule has 2 N–H and O–H groups in total. The maximum absolute atomic E-state index is 12.7. The van der Waals surface area contributed by atoms with Crippen LogP contribution in [-0.2, 0) is 0 Å². The third-order valence-corrected chi connectivity index (χ3v) is 3.93. The van der Waals surface area contributed by atoms with Gasteiger partial charge in [-0.05, 0) is 43.3 Å². The third-order valence-electron chi connectivity index (χ3n) is 3.93. The van der Waals surface area contributed by atoms with E-state index in [-0.39, 0.29) is 17.7 Å². The largest absolute Gasteiger partial charge is 0.508 e. The van der Waals surface area contributed by atoms with Crippen LogP contribution in [-0.4, -0.2) is 24.6 Å². The molecule has 0 saturated heterocycles.